The average Bonchev–Trinajstić information content (AvgIpc) is 2.97. The number of benzene rings is 1. The van der Waals surface area contributed by atoms with Crippen molar-refractivity contribution in [3.63, 3.8) is 0 Å². The Morgan fingerprint density at radius 1 is 1.32 bits per heavy atom. The molecular formula is C17H23N3O2. The van der Waals surface area contributed by atoms with Crippen LogP contribution in [0.4, 0.5) is 0 Å². The van der Waals surface area contributed by atoms with Crippen LogP contribution in [-0.4, -0.2) is 35.5 Å². The van der Waals surface area contributed by atoms with E-state index in [9.17, 15) is 4.79 Å². The minimum atomic E-state index is -0.135. The van der Waals surface area contributed by atoms with Gasteiger partial charge >= 0.3 is 0 Å². The van der Waals surface area contributed by atoms with Gasteiger partial charge in [-0.25, -0.2) is 5.43 Å². The molecule has 1 N–H and O–H groups in total. The van der Waals surface area contributed by atoms with Gasteiger partial charge in [-0.05, 0) is 18.9 Å². The Kier molecular flexibility index (Phi) is 4.34. The Morgan fingerprint density at radius 2 is 2.14 bits per heavy atom. The fraction of sp³-hybridized carbons (Fsp3) is 0.471. The summed E-state index contributed by atoms with van der Waals surface area (Å²) in [5.41, 5.74) is 4.53. The van der Waals surface area contributed by atoms with Crippen LogP contribution in [0.1, 0.15) is 37.8 Å². The maximum Gasteiger partial charge on any atom is 0.250 e. The molecule has 1 saturated heterocycles. The van der Waals surface area contributed by atoms with Crippen molar-refractivity contribution in [1.82, 2.24) is 15.3 Å². The second-order valence-electron chi connectivity index (χ2n) is 5.83. The quantitative estimate of drug-likeness (QED) is 0.848. The summed E-state index contributed by atoms with van der Waals surface area (Å²) in [5.74, 6) is 1.04. The fourth-order valence-electron chi connectivity index (χ4n) is 2.93. The van der Waals surface area contributed by atoms with E-state index in [1.165, 1.54) is 0 Å². The maximum absolute atomic E-state index is 12.2. The number of nitrogens with zero attached hydrogens (tertiary/aromatic N) is 2. The van der Waals surface area contributed by atoms with Gasteiger partial charge in [-0.1, -0.05) is 31.5 Å². The first-order chi connectivity index (χ1) is 10.7. The van der Waals surface area contributed by atoms with Gasteiger partial charge in [0, 0.05) is 25.0 Å². The van der Waals surface area contributed by atoms with E-state index in [4.69, 9.17) is 4.74 Å². The van der Waals surface area contributed by atoms with Crippen molar-refractivity contribution < 1.29 is 9.53 Å². The molecule has 2 atom stereocenters. The van der Waals surface area contributed by atoms with Crippen LogP contribution in [0, 0.1) is 0 Å². The summed E-state index contributed by atoms with van der Waals surface area (Å²) in [6.07, 6.45) is 6.63. The molecular weight excluding hydrogens is 278 g/mol. The molecule has 1 aromatic rings. The van der Waals surface area contributed by atoms with Crippen LogP contribution in [0.5, 0.6) is 5.75 Å². The first kappa shape index (κ1) is 14.9. The van der Waals surface area contributed by atoms with E-state index in [-0.39, 0.29) is 18.0 Å². The second-order valence-corrected chi connectivity index (χ2v) is 5.83. The molecule has 3 rings (SSSR count). The number of hydrazine groups is 1. The third kappa shape index (κ3) is 2.81. The predicted octanol–water partition coefficient (Wildman–Crippen LogP) is 2.43. The zero-order valence-corrected chi connectivity index (χ0v) is 13.2. The summed E-state index contributed by atoms with van der Waals surface area (Å²) < 4.78 is 5.92. The van der Waals surface area contributed by atoms with Gasteiger partial charge in [0.25, 0.3) is 5.91 Å². The molecule has 1 amide bonds. The molecule has 0 aliphatic carbocycles. The molecule has 22 heavy (non-hydrogen) atoms. The Bertz CT molecular complexity index is 573. The van der Waals surface area contributed by atoms with Crippen LogP contribution >= 0.6 is 0 Å². The van der Waals surface area contributed by atoms with Crippen LogP contribution in [0.25, 0.3) is 0 Å². The molecule has 1 fully saturated rings. The Balaban J connectivity index is 1.76. The lowest BCUT2D eigenvalue weighted by Crippen LogP contribution is -2.46. The molecule has 0 aromatic heterocycles. The number of unbranched alkanes of at least 4 members (excludes halogenated alkanes) is 1. The van der Waals surface area contributed by atoms with E-state index in [0.717, 1.165) is 37.2 Å². The minimum Gasteiger partial charge on any atom is -0.493 e. The van der Waals surface area contributed by atoms with Crippen LogP contribution in [0.2, 0.25) is 0 Å². The number of fused-ring (bicyclic) bond motifs is 1. The van der Waals surface area contributed by atoms with Crippen LogP contribution < -0.4 is 10.2 Å². The molecule has 118 valence electrons. The lowest BCUT2D eigenvalue weighted by Gasteiger charge is -2.29. The van der Waals surface area contributed by atoms with Crippen molar-refractivity contribution in [3.05, 3.63) is 42.2 Å². The van der Waals surface area contributed by atoms with Crippen LogP contribution in [-0.2, 0) is 4.79 Å². The van der Waals surface area contributed by atoms with Gasteiger partial charge in [-0.2, -0.15) is 0 Å². The number of amides is 1. The lowest BCUT2D eigenvalue weighted by atomic mass is 10.00. The molecule has 1 aromatic carbocycles. The van der Waals surface area contributed by atoms with E-state index >= 15 is 0 Å². The first-order valence-corrected chi connectivity index (χ1v) is 7.92. The molecule has 2 aliphatic rings. The van der Waals surface area contributed by atoms with Crippen molar-refractivity contribution in [2.45, 2.75) is 38.3 Å². The molecule has 0 radical (unpaired) electrons. The topological polar surface area (TPSA) is 44.8 Å². The largest absolute Gasteiger partial charge is 0.493 e. The van der Waals surface area contributed by atoms with Gasteiger partial charge in [-0.3, -0.25) is 4.79 Å². The third-order valence-corrected chi connectivity index (χ3v) is 4.23. The molecule has 0 saturated carbocycles. The molecule has 5 nitrogen and oxygen atoms in total. The summed E-state index contributed by atoms with van der Waals surface area (Å²) in [5, 5.41) is 1.91. The van der Waals surface area contributed by atoms with Crippen molar-refractivity contribution in [2.75, 3.05) is 13.7 Å². The molecule has 0 spiro atoms. The average molecular weight is 301 g/mol. The Labute approximate surface area is 131 Å². The highest BCUT2D eigenvalue weighted by Gasteiger charge is 2.39. The molecule has 5 heteroatoms. The minimum absolute atomic E-state index is 0.0999. The zero-order valence-electron chi connectivity index (χ0n) is 13.2. The molecule has 0 bridgehead atoms. The smallest absolute Gasteiger partial charge is 0.250 e. The van der Waals surface area contributed by atoms with Crippen molar-refractivity contribution in [3.8, 4) is 5.75 Å². The summed E-state index contributed by atoms with van der Waals surface area (Å²) in [6, 6.07) is 8.06. The lowest BCUT2D eigenvalue weighted by molar-refractivity contribution is -0.133. The molecule has 2 aliphatic heterocycles. The number of hydrogen-bond donors (Lipinski definition) is 1. The van der Waals surface area contributed by atoms with Crippen molar-refractivity contribution in [1.29, 1.82) is 0 Å². The summed E-state index contributed by atoms with van der Waals surface area (Å²) >= 11 is 0. The third-order valence-electron chi connectivity index (χ3n) is 4.23. The van der Waals surface area contributed by atoms with Gasteiger partial charge in [-0.15, -0.1) is 0 Å². The van der Waals surface area contributed by atoms with Crippen LogP contribution in [0.15, 0.2) is 36.7 Å². The number of ether oxygens (including phenoxy) is 1. The molecule has 2 heterocycles. The Morgan fingerprint density at radius 3 is 2.95 bits per heavy atom. The number of nitrogens with one attached hydrogen (secondary N) is 1. The number of para-hydroxylation sites is 1. The van der Waals surface area contributed by atoms with E-state index in [0.29, 0.717) is 0 Å². The number of carbonyl (C=O) groups excluding carboxylic acids is 1. The van der Waals surface area contributed by atoms with E-state index in [1.54, 1.807) is 18.1 Å². The monoisotopic (exact) mass is 301 g/mol. The fourth-order valence-corrected chi connectivity index (χ4v) is 2.93. The summed E-state index contributed by atoms with van der Waals surface area (Å²) in [4.78, 5) is 13.9. The maximum atomic E-state index is 12.2. The summed E-state index contributed by atoms with van der Waals surface area (Å²) in [6.45, 7) is 2.88. The molecule has 2 unspecified atom stereocenters. The highest BCUT2D eigenvalue weighted by molar-refractivity contribution is 5.84. The number of carbonyl (C=O) groups is 1. The standard InChI is InChI=1S/C17H23N3O2/c1-3-4-11-22-16-8-6-5-7-13(16)14-12-15-17(21)19(2)9-10-20(15)18-14/h5-10,14-15,18H,3-4,11-12H2,1-2H3. The number of hydrogen-bond acceptors (Lipinski definition) is 4. The number of rotatable bonds is 5. The van der Waals surface area contributed by atoms with Gasteiger partial charge in [0.2, 0.25) is 0 Å². The van der Waals surface area contributed by atoms with Gasteiger partial charge in [0.15, 0.2) is 0 Å². The highest BCUT2D eigenvalue weighted by Crippen LogP contribution is 2.35. The van der Waals surface area contributed by atoms with Crippen molar-refractivity contribution in [2.24, 2.45) is 0 Å². The van der Waals surface area contributed by atoms with Gasteiger partial charge in [0.05, 0.1) is 12.6 Å². The van der Waals surface area contributed by atoms with E-state index in [1.807, 2.05) is 29.4 Å². The van der Waals surface area contributed by atoms with E-state index < -0.39 is 0 Å². The summed E-state index contributed by atoms with van der Waals surface area (Å²) in [7, 11) is 1.80. The highest BCUT2D eigenvalue weighted by atomic mass is 16.5. The second kappa shape index (κ2) is 6.40. The normalized spacial score (nSPS) is 23.8. The van der Waals surface area contributed by atoms with Crippen LogP contribution in [0.3, 0.4) is 0 Å². The first-order valence-electron chi connectivity index (χ1n) is 7.92. The van der Waals surface area contributed by atoms with E-state index in [2.05, 4.69) is 18.4 Å². The van der Waals surface area contributed by atoms with Crippen molar-refractivity contribution >= 4 is 5.91 Å². The predicted molar refractivity (Wildman–Crippen MR) is 84.9 cm³/mol. The SMILES string of the molecule is CCCCOc1ccccc1C1CC2C(=O)N(C)C=CN2N1. The van der Waals surface area contributed by atoms with Gasteiger partial charge < -0.3 is 14.6 Å². The van der Waals surface area contributed by atoms with Gasteiger partial charge in [0.1, 0.15) is 11.8 Å². The Hall–Kier alpha value is -2.01. The number of likely N-dealkylation sites (N-methyl/N-ethyl adjacent to an activating group) is 1. The zero-order chi connectivity index (χ0) is 15.5.